The van der Waals surface area contributed by atoms with Crippen molar-refractivity contribution in [3.63, 3.8) is 0 Å². The van der Waals surface area contributed by atoms with Crippen LogP contribution in [0.5, 0.6) is 5.75 Å². The maximum Gasteiger partial charge on any atom is 0.273 e. The van der Waals surface area contributed by atoms with E-state index in [-0.39, 0.29) is 11.7 Å². The summed E-state index contributed by atoms with van der Waals surface area (Å²) in [6.45, 7) is 0.397. The van der Waals surface area contributed by atoms with Gasteiger partial charge in [0, 0.05) is 24.5 Å². The zero-order valence-corrected chi connectivity index (χ0v) is 14.7. The number of amides is 1. The summed E-state index contributed by atoms with van der Waals surface area (Å²) in [6, 6.07) is 13.7. The first kappa shape index (κ1) is 17.1. The van der Waals surface area contributed by atoms with Crippen LogP contribution < -0.4 is 4.74 Å². The van der Waals surface area contributed by atoms with Gasteiger partial charge in [-0.05, 0) is 42.0 Å². The van der Waals surface area contributed by atoms with Crippen LogP contribution in [0.2, 0.25) is 0 Å². The Balaban J connectivity index is 1.71. The van der Waals surface area contributed by atoms with E-state index in [9.17, 15) is 9.18 Å². The number of ether oxygens (including phenoxy) is 1. The minimum absolute atomic E-state index is 0.166. The van der Waals surface area contributed by atoms with E-state index in [1.807, 2.05) is 24.3 Å². The number of nitrogens with zero attached hydrogens (tertiary/aromatic N) is 2. The molecule has 4 nitrogen and oxygen atoms in total. The normalized spacial score (nSPS) is 10.5. The zero-order chi connectivity index (χ0) is 17.8. The van der Waals surface area contributed by atoms with Crippen LogP contribution in [0.4, 0.5) is 4.39 Å². The van der Waals surface area contributed by atoms with E-state index in [2.05, 4.69) is 4.98 Å². The number of hydrogen-bond donors (Lipinski definition) is 0. The molecule has 0 atom stereocenters. The van der Waals surface area contributed by atoms with Gasteiger partial charge in [-0.2, -0.15) is 0 Å². The third-order valence-corrected chi connectivity index (χ3v) is 4.63. The van der Waals surface area contributed by atoms with Crippen molar-refractivity contribution in [1.29, 1.82) is 0 Å². The van der Waals surface area contributed by atoms with Crippen molar-refractivity contribution >= 4 is 17.2 Å². The number of carbonyl (C=O) groups is 1. The van der Waals surface area contributed by atoms with Gasteiger partial charge in [-0.15, -0.1) is 11.3 Å². The molecule has 0 N–H and O–H groups in total. The fourth-order valence-electron chi connectivity index (χ4n) is 2.37. The molecule has 0 unspecified atom stereocenters. The highest BCUT2D eigenvalue weighted by Gasteiger charge is 2.16. The van der Waals surface area contributed by atoms with E-state index in [4.69, 9.17) is 4.74 Å². The molecule has 0 fully saturated rings. The van der Waals surface area contributed by atoms with Crippen molar-refractivity contribution in [2.75, 3.05) is 14.2 Å². The molecular weight excluding hydrogens is 339 g/mol. The van der Waals surface area contributed by atoms with Crippen LogP contribution >= 0.6 is 11.3 Å². The first-order chi connectivity index (χ1) is 12.1. The summed E-state index contributed by atoms with van der Waals surface area (Å²) in [5.41, 5.74) is 2.20. The van der Waals surface area contributed by atoms with E-state index in [0.717, 1.165) is 21.9 Å². The Hall–Kier alpha value is -2.73. The molecule has 128 valence electrons. The molecule has 0 saturated carbocycles. The summed E-state index contributed by atoms with van der Waals surface area (Å²) in [4.78, 5) is 18.5. The van der Waals surface area contributed by atoms with Crippen LogP contribution in [0.1, 0.15) is 16.1 Å². The summed E-state index contributed by atoms with van der Waals surface area (Å²) in [6.07, 6.45) is 0. The molecule has 0 aliphatic carbocycles. The number of hydrogen-bond acceptors (Lipinski definition) is 4. The first-order valence-corrected chi connectivity index (χ1v) is 8.54. The number of benzene rings is 2. The molecular formula is C19H17FN2O2S. The van der Waals surface area contributed by atoms with E-state index < -0.39 is 0 Å². The molecule has 0 aliphatic rings. The minimum atomic E-state index is -0.290. The van der Waals surface area contributed by atoms with E-state index in [1.54, 1.807) is 36.6 Å². The highest BCUT2D eigenvalue weighted by molar-refractivity contribution is 7.13. The smallest absolute Gasteiger partial charge is 0.273 e. The van der Waals surface area contributed by atoms with E-state index in [0.29, 0.717) is 12.2 Å². The number of rotatable bonds is 5. The van der Waals surface area contributed by atoms with Gasteiger partial charge in [-0.1, -0.05) is 12.1 Å². The predicted octanol–water partition coefficient (Wildman–Crippen LogP) is 4.23. The van der Waals surface area contributed by atoms with Gasteiger partial charge in [0.2, 0.25) is 0 Å². The molecule has 6 heteroatoms. The average Bonchev–Trinajstić information content (AvgIpc) is 3.13. The Morgan fingerprint density at radius 2 is 1.84 bits per heavy atom. The van der Waals surface area contributed by atoms with Crippen LogP contribution in [0.25, 0.3) is 10.6 Å². The number of aromatic nitrogens is 1. The Kier molecular flexibility index (Phi) is 5.09. The van der Waals surface area contributed by atoms with Gasteiger partial charge in [0.25, 0.3) is 5.91 Å². The Bertz CT molecular complexity index is 860. The fraction of sp³-hybridized carbons (Fsp3) is 0.158. The topological polar surface area (TPSA) is 42.4 Å². The van der Waals surface area contributed by atoms with Crippen molar-refractivity contribution in [2.24, 2.45) is 0 Å². The highest BCUT2D eigenvalue weighted by Crippen LogP contribution is 2.26. The molecule has 0 saturated heterocycles. The molecule has 1 amide bonds. The molecule has 3 rings (SSSR count). The van der Waals surface area contributed by atoms with Crippen LogP contribution in [0.3, 0.4) is 0 Å². The molecule has 0 spiro atoms. The molecule has 3 aromatic rings. The molecule has 0 radical (unpaired) electrons. The quantitative estimate of drug-likeness (QED) is 0.687. The van der Waals surface area contributed by atoms with Gasteiger partial charge < -0.3 is 9.64 Å². The lowest BCUT2D eigenvalue weighted by atomic mass is 10.2. The summed E-state index contributed by atoms with van der Waals surface area (Å²) >= 11 is 1.42. The number of carbonyl (C=O) groups excluding carboxylic acids is 1. The van der Waals surface area contributed by atoms with Crippen molar-refractivity contribution in [1.82, 2.24) is 9.88 Å². The van der Waals surface area contributed by atoms with E-state index >= 15 is 0 Å². The second-order valence-electron chi connectivity index (χ2n) is 5.55. The Morgan fingerprint density at radius 3 is 2.48 bits per heavy atom. The van der Waals surface area contributed by atoms with E-state index in [1.165, 1.54) is 23.5 Å². The lowest BCUT2D eigenvalue weighted by Crippen LogP contribution is -2.26. The molecule has 2 aromatic carbocycles. The van der Waals surface area contributed by atoms with Crippen LogP contribution in [0.15, 0.2) is 53.9 Å². The number of thiazole rings is 1. The third-order valence-electron chi connectivity index (χ3n) is 3.74. The Morgan fingerprint density at radius 1 is 1.16 bits per heavy atom. The van der Waals surface area contributed by atoms with Gasteiger partial charge in [-0.3, -0.25) is 4.79 Å². The van der Waals surface area contributed by atoms with Crippen LogP contribution in [0, 0.1) is 5.82 Å². The minimum Gasteiger partial charge on any atom is -0.497 e. The van der Waals surface area contributed by atoms with Gasteiger partial charge in [0.05, 0.1) is 7.11 Å². The van der Waals surface area contributed by atoms with Gasteiger partial charge >= 0.3 is 0 Å². The summed E-state index contributed by atoms with van der Waals surface area (Å²) < 4.78 is 18.1. The highest BCUT2D eigenvalue weighted by atomic mass is 32.1. The monoisotopic (exact) mass is 356 g/mol. The predicted molar refractivity (Wildman–Crippen MR) is 96.3 cm³/mol. The molecule has 1 heterocycles. The van der Waals surface area contributed by atoms with Crippen molar-refractivity contribution in [2.45, 2.75) is 6.54 Å². The standard InChI is InChI=1S/C19H17FN2O2S/c1-22(11-13-3-7-15(20)8-4-13)19(23)17-12-25-18(21-17)14-5-9-16(24-2)10-6-14/h3-10,12H,11H2,1-2H3. The Labute approximate surface area is 149 Å². The first-order valence-electron chi connectivity index (χ1n) is 7.66. The summed E-state index contributed by atoms with van der Waals surface area (Å²) in [5.74, 6) is 0.317. The fourth-order valence-corrected chi connectivity index (χ4v) is 3.17. The molecule has 1 aromatic heterocycles. The van der Waals surface area contributed by atoms with Gasteiger partial charge in [0.1, 0.15) is 22.3 Å². The van der Waals surface area contributed by atoms with Crippen molar-refractivity contribution < 1.29 is 13.9 Å². The van der Waals surface area contributed by atoms with Gasteiger partial charge in [-0.25, -0.2) is 9.37 Å². The maximum atomic E-state index is 13.0. The lowest BCUT2D eigenvalue weighted by molar-refractivity contribution is 0.0780. The van der Waals surface area contributed by atoms with Crippen molar-refractivity contribution in [3.05, 3.63) is 71.0 Å². The van der Waals surface area contributed by atoms with Gasteiger partial charge in [0.15, 0.2) is 0 Å². The molecule has 25 heavy (non-hydrogen) atoms. The lowest BCUT2D eigenvalue weighted by Gasteiger charge is -2.15. The largest absolute Gasteiger partial charge is 0.497 e. The maximum absolute atomic E-state index is 13.0. The number of methoxy groups -OCH3 is 1. The third kappa shape index (κ3) is 4.03. The number of halogens is 1. The van der Waals surface area contributed by atoms with Crippen molar-refractivity contribution in [3.8, 4) is 16.3 Å². The SMILES string of the molecule is COc1ccc(-c2nc(C(=O)N(C)Cc3ccc(F)cc3)cs2)cc1. The average molecular weight is 356 g/mol. The summed E-state index contributed by atoms with van der Waals surface area (Å²) in [5, 5.41) is 2.53. The summed E-state index contributed by atoms with van der Waals surface area (Å²) in [7, 11) is 3.32. The molecule has 0 bridgehead atoms. The molecule has 0 aliphatic heterocycles. The van der Waals surface area contributed by atoms with Crippen LogP contribution in [-0.4, -0.2) is 29.9 Å². The van der Waals surface area contributed by atoms with Crippen LogP contribution in [-0.2, 0) is 6.54 Å². The second kappa shape index (κ2) is 7.44. The zero-order valence-electron chi connectivity index (χ0n) is 13.9. The second-order valence-corrected chi connectivity index (χ2v) is 6.41.